The van der Waals surface area contributed by atoms with E-state index in [1.807, 2.05) is 12.1 Å². The Balaban J connectivity index is 0.731. The minimum Gasteiger partial charge on any atom is -0.508 e. The molecule has 5 aliphatic rings. The average molecular weight is 799 g/mol. The number of likely N-dealkylation sites (tertiary alicyclic amines) is 2. The van der Waals surface area contributed by atoms with E-state index in [0.29, 0.717) is 29.8 Å². The number of nitrogens with zero attached hydrogens (tertiary/aromatic N) is 3. The van der Waals surface area contributed by atoms with Crippen LogP contribution in [-0.2, 0) is 16.0 Å². The molecule has 10 nitrogen and oxygen atoms in total. The molecule has 3 fully saturated rings. The van der Waals surface area contributed by atoms with E-state index in [9.17, 15) is 24.3 Å². The van der Waals surface area contributed by atoms with E-state index in [2.05, 4.69) is 75.8 Å². The molecule has 4 heterocycles. The minimum absolute atomic E-state index is 0.0207. The lowest BCUT2D eigenvalue weighted by atomic mass is 9.69. The number of imide groups is 2. The molecule has 11 heteroatoms. The zero-order valence-corrected chi connectivity index (χ0v) is 33.3. The summed E-state index contributed by atoms with van der Waals surface area (Å²) < 4.78 is 21.7. The molecule has 0 saturated carbocycles. The van der Waals surface area contributed by atoms with Gasteiger partial charge in [0.2, 0.25) is 11.8 Å². The van der Waals surface area contributed by atoms with Crippen LogP contribution in [0.25, 0.3) is 0 Å². The molecule has 4 aromatic carbocycles. The van der Waals surface area contributed by atoms with Crippen molar-refractivity contribution in [3.05, 3.63) is 130 Å². The summed E-state index contributed by atoms with van der Waals surface area (Å²) in [5.74, 6) is -0.595. The Morgan fingerprint density at radius 1 is 0.712 bits per heavy atom. The summed E-state index contributed by atoms with van der Waals surface area (Å²) >= 11 is 0. The van der Waals surface area contributed by atoms with Crippen molar-refractivity contribution in [3.8, 4) is 11.5 Å². The molecule has 9 rings (SSSR count). The molecule has 0 aromatic heterocycles. The van der Waals surface area contributed by atoms with Gasteiger partial charge >= 0.3 is 0 Å². The number of benzene rings is 4. The fourth-order valence-electron chi connectivity index (χ4n) is 10.3. The normalized spacial score (nSPS) is 23.3. The van der Waals surface area contributed by atoms with Crippen molar-refractivity contribution in [2.45, 2.75) is 75.2 Å². The molecule has 306 valence electrons. The molecule has 0 radical (unpaired) electrons. The van der Waals surface area contributed by atoms with Crippen LogP contribution in [0, 0.1) is 11.7 Å². The predicted octanol–water partition coefficient (Wildman–Crippen LogP) is 6.76. The number of phenols is 1. The van der Waals surface area contributed by atoms with Crippen molar-refractivity contribution in [2.75, 3.05) is 45.9 Å². The number of ether oxygens (including phenoxy) is 1. The van der Waals surface area contributed by atoms with E-state index < -0.39 is 35.5 Å². The Bertz CT molecular complexity index is 2230. The van der Waals surface area contributed by atoms with Gasteiger partial charge in [-0.05, 0) is 153 Å². The smallest absolute Gasteiger partial charge is 0.262 e. The number of fused-ring (bicyclic) bond motifs is 2. The molecule has 4 amide bonds. The van der Waals surface area contributed by atoms with E-state index in [1.54, 1.807) is 0 Å². The van der Waals surface area contributed by atoms with Crippen LogP contribution < -0.4 is 10.1 Å². The van der Waals surface area contributed by atoms with Crippen molar-refractivity contribution in [3.63, 3.8) is 0 Å². The fraction of sp³-hybridized carbons (Fsp3) is 0.417. The van der Waals surface area contributed by atoms with Gasteiger partial charge in [-0.2, -0.15) is 0 Å². The largest absolute Gasteiger partial charge is 0.508 e. The number of carbonyl (C=O) groups is 4. The number of amides is 4. The van der Waals surface area contributed by atoms with Gasteiger partial charge in [-0.25, -0.2) is 4.39 Å². The maximum atomic E-state index is 15.5. The number of halogens is 1. The van der Waals surface area contributed by atoms with Crippen LogP contribution in [-0.4, -0.2) is 95.4 Å². The maximum Gasteiger partial charge on any atom is 0.262 e. The Hall–Kier alpha value is -5.39. The van der Waals surface area contributed by atoms with E-state index in [0.717, 1.165) is 94.5 Å². The maximum absolute atomic E-state index is 15.5. The van der Waals surface area contributed by atoms with Crippen molar-refractivity contribution >= 4 is 23.6 Å². The Morgan fingerprint density at radius 3 is 2.15 bits per heavy atom. The molecule has 0 spiro atoms. The summed E-state index contributed by atoms with van der Waals surface area (Å²) in [5.41, 5.74) is 5.68. The summed E-state index contributed by atoms with van der Waals surface area (Å²) in [6.45, 7) is 6.26. The highest BCUT2D eigenvalue weighted by molar-refractivity contribution is 6.23. The van der Waals surface area contributed by atoms with Gasteiger partial charge in [-0.3, -0.25) is 34.3 Å². The number of piperidine rings is 3. The van der Waals surface area contributed by atoms with Crippen LogP contribution in [0.5, 0.6) is 11.5 Å². The number of phenolic OH excluding ortho intramolecular Hbond substituents is 1. The lowest BCUT2D eigenvalue weighted by Crippen LogP contribution is -2.54. The molecule has 4 aliphatic heterocycles. The summed E-state index contributed by atoms with van der Waals surface area (Å²) in [7, 11) is 0. The van der Waals surface area contributed by atoms with Gasteiger partial charge < -0.3 is 14.7 Å². The second-order valence-corrected chi connectivity index (χ2v) is 17.1. The molecule has 3 saturated heterocycles. The lowest BCUT2D eigenvalue weighted by Gasteiger charge is -2.38. The van der Waals surface area contributed by atoms with Gasteiger partial charge in [-0.15, -0.1) is 0 Å². The Morgan fingerprint density at radius 2 is 1.42 bits per heavy atom. The third-order valence-corrected chi connectivity index (χ3v) is 13.5. The molecule has 1 unspecified atom stereocenters. The van der Waals surface area contributed by atoms with E-state index in [4.69, 9.17) is 4.74 Å². The zero-order valence-electron chi connectivity index (χ0n) is 33.3. The number of nitrogens with one attached hydrogen (secondary N) is 1. The van der Waals surface area contributed by atoms with Crippen molar-refractivity contribution in [1.82, 2.24) is 20.0 Å². The molecule has 0 bridgehead atoms. The number of hydrogen-bond donors (Lipinski definition) is 2. The first-order chi connectivity index (χ1) is 28.7. The number of rotatable bonds is 10. The third-order valence-electron chi connectivity index (χ3n) is 13.5. The molecule has 4 aromatic rings. The first kappa shape index (κ1) is 39.1. The standard InChI is InChI=1S/C48H51FN4O6/c49-42-28-41-40(47(57)53(48(41)58)43-14-15-44(55)50-46(43)56)27-39(42)32-18-22-52(23-19-32)29-30-16-20-51(21-17-30)24-25-59-36-10-6-33(7-11-36)45-37(31-4-2-1-3-5-31)12-8-34-26-35(54)9-13-38(34)45/h1-7,9-11,13,26-28,30,32,37,43,45,54H,8,12,14-25,29H2,(H,50,55,56)/t37-,43?,45+/m1/s1. The van der Waals surface area contributed by atoms with Crippen LogP contribution >= 0.6 is 0 Å². The SMILES string of the molecule is O=C1CCC(N2C(=O)c3cc(F)c(C4CCN(CC5CCN(CCOc6ccc([C@@H]7c8ccc(O)cc8CC[C@@H]7c7ccccc7)cc6)CC5)CC4)cc3C2=O)C(=O)N1. The van der Waals surface area contributed by atoms with Crippen LogP contribution in [0.1, 0.15) is 111 Å². The molecule has 1 aliphatic carbocycles. The monoisotopic (exact) mass is 798 g/mol. The number of carbonyl (C=O) groups excluding carboxylic acids is 4. The van der Waals surface area contributed by atoms with Crippen LogP contribution in [0.15, 0.2) is 84.9 Å². The first-order valence-corrected chi connectivity index (χ1v) is 21.3. The van der Waals surface area contributed by atoms with E-state index in [-0.39, 0.29) is 35.8 Å². The number of hydrogen-bond acceptors (Lipinski definition) is 8. The Labute approximate surface area is 344 Å². The predicted molar refractivity (Wildman–Crippen MR) is 220 cm³/mol. The summed E-state index contributed by atoms with van der Waals surface area (Å²) in [6, 6.07) is 26.8. The molecule has 3 atom stereocenters. The van der Waals surface area contributed by atoms with Crippen LogP contribution in [0.3, 0.4) is 0 Å². The van der Waals surface area contributed by atoms with Crippen molar-refractivity contribution in [1.29, 1.82) is 0 Å². The van der Waals surface area contributed by atoms with E-state index in [1.165, 1.54) is 28.3 Å². The van der Waals surface area contributed by atoms with Gasteiger partial charge in [0.15, 0.2) is 0 Å². The minimum atomic E-state index is -1.07. The van der Waals surface area contributed by atoms with Gasteiger partial charge in [0.1, 0.15) is 30.0 Å². The van der Waals surface area contributed by atoms with E-state index >= 15 is 4.39 Å². The quantitative estimate of drug-likeness (QED) is 0.169. The summed E-state index contributed by atoms with van der Waals surface area (Å²) in [6.07, 6.45) is 5.85. The van der Waals surface area contributed by atoms with Gasteiger partial charge in [-0.1, -0.05) is 48.5 Å². The molecule has 59 heavy (non-hydrogen) atoms. The zero-order chi connectivity index (χ0) is 40.6. The van der Waals surface area contributed by atoms with Gasteiger partial charge in [0.05, 0.1) is 11.1 Å². The third kappa shape index (κ3) is 8.02. The molecule has 2 N–H and O–H groups in total. The molecular formula is C48H51FN4O6. The molecular weight excluding hydrogens is 748 g/mol. The van der Waals surface area contributed by atoms with Crippen LogP contribution in [0.2, 0.25) is 0 Å². The summed E-state index contributed by atoms with van der Waals surface area (Å²) in [4.78, 5) is 56.4. The number of aryl methyl sites for hydroxylation is 1. The first-order valence-electron chi connectivity index (χ1n) is 21.3. The number of aromatic hydroxyl groups is 1. The topological polar surface area (TPSA) is 119 Å². The highest BCUT2D eigenvalue weighted by Gasteiger charge is 2.45. The van der Waals surface area contributed by atoms with Gasteiger partial charge in [0, 0.05) is 25.4 Å². The fourth-order valence-corrected chi connectivity index (χ4v) is 10.3. The highest BCUT2D eigenvalue weighted by Crippen LogP contribution is 2.47. The van der Waals surface area contributed by atoms with Gasteiger partial charge in [0.25, 0.3) is 11.8 Å². The Kier molecular flexibility index (Phi) is 11.1. The second kappa shape index (κ2) is 16.7. The summed E-state index contributed by atoms with van der Waals surface area (Å²) in [5, 5.41) is 12.4. The van der Waals surface area contributed by atoms with Crippen molar-refractivity contribution < 1.29 is 33.4 Å². The average Bonchev–Trinajstić information content (AvgIpc) is 3.48. The van der Waals surface area contributed by atoms with Crippen molar-refractivity contribution in [2.24, 2.45) is 5.92 Å². The lowest BCUT2D eigenvalue weighted by molar-refractivity contribution is -0.136. The van der Waals surface area contributed by atoms with Crippen LogP contribution in [0.4, 0.5) is 4.39 Å². The second-order valence-electron chi connectivity index (χ2n) is 17.1. The highest BCUT2D eigenvalue weighted by atomic mass is 19.1.